The zero-order chi connectivity index (χ0) is 16.0. The Morgan fingerprint density at radius 1 is 0.750 bits per heavy atom. The van der Waals surface area contributed by atoms with Crippen LogP contribution in [-0.4, -0.2) is 60.1 Å². The maximum absolute atomic E-state index is 4.45. The average molecular weight is 511 g/mol. The summed E-state index contributed by atoms with van der Waals surface area (Å²) in [5.41, 5.74) is 0. The van der Waals surface area contributed by atoms with Gasteiger partial charge in [-0.25, -0.2) is 0 Å². The Bertz CT molecular complexity index is 242. The monoisotopic (exact) mass is 508 g/mol. The third-order valence-corrected chi connectivity index (χ3v) is 2.69. The van der Waals surface area contributed by atoms with Gasteiger partial charge >= 0.3 is 58.4 Å². The summed E-state index contributed by atoms with van der Waals surface area (Å²) >= 11 is 4.84. The molecule has 2 aliphatic rings. The van der Waals surface area contributed by atoms with Crippen molar-refractivity contribution in [3.63, 3.8) is 0 Å². The first kappa shape index (κ1) is 23.0. The summed E-state index contributed by atoms with van der Waals surface area (Å²) in [6.07, 6.45) is 8.40. The van der Waals surface area contributed by atoms with Crippen LogP contribution in [0.15, 0.2) is 24.8 Å². The minimum absolute atomic E-state index is 1.05. The summed E-state index contributed by atoms with van der Waals surface area (Å²) in [6.45, 7) is 8.64. The Balaban J connectivity index is 0. The van der Waals surface area contributed by atoms with E-state index in [1.165, 1.54) is 0 Å². The van der Waals surface area contributed by atoms with E-state index in [9.17, 15) is 0 Å². The van der Waals surface area contributed by atoms with Gasteiger partial charge in [-0.1, -0.05) is 0 Å². The summed E-state index contributed by atoms with van der Waals surface area (Å²) in [6, 6.07) is 0. The van der Waals surface area contributed by atoms with Crippen molar-refractivity contribution < 1.29 is 40.0 Å². The van der Waals surface area contributed by atoms with Crippen LogP contribution in [0, 0.1) is 0 Å². The molecule has 0 aromatic heterocycles. The molecule has 0 radical (unpaired) electrons. The van der Waals surface area contributed by atoms with Gasteiger partial charge in [-0.05, 0) is 13.8 Å². The number of nitrogens with zero attached hydrogens (tertiary/aromatic N) is 4. The molecule has 0 atom stereocenters. The van der Waals surface area contributed by atoms with Crippen molar-refractivity contribution in [2.45, 2.75) is 13.8 Å². The minimum atomic E-state index is 1.05. The molecule has 0 aliphatic carbocycles. The molecule has 0 spiro atoms. The molecule has 0 bridgehead atoms. The molecule has 4 nitrogen and oxygen atoms in total. The molecule has 0 aromatic carbocycles. The van der Waals surface area contributed by atoms with Gasteiger partial charge in [-0.15, -0.1) is 0 Å². The molecule has 128 valence electrons. The van der Waals surface area contributed by atoms with Crippen LogP contribution >= 0.6 is 18.4 Å². The van der Waals surface area contributed by atoms with Crippen molar-refractivity contribution in [3.05, 3.63) is 24.8 Å². The predicted molar refractivity (Wildman–Crippen MR) is 80.0 cm³/mol. The first-order valence-electron chi connectivity index (χ1n) is 6.13. The van der Waals surface area contributed by atoms with Crippen molar-refractivity contribution in [2.24, 2.45) is 0 Å². The van der Waals surface area contributed by atoms with Gasteiger partial charge in [0.25, 0.3) is 0 Å². The molecular weight excluding hydrogens is 487 g/mol. The Morgan fingerprint density at radius 3 is 1.15 bits per heavy atom. The fourth-order valence-electron chi connectivity index (χ4n) is 1.59. The fraction of sp³-hybridized carbons (Fsp3) is 0.667. The molecule has 2 rings (SSSR count). The van der Waals surface area contributed by atoms with Crippen LogP contribution in [0.25, 0.3) is 0 Å². The molecule has 0 unspecified atom stereocenters. The molecular formula is C12H24Ag2Cl2N4. The van der Waals surface area contributed by atoms with E-state index in [0.29, 0.717) is 0 Å². The number of hydrogen-bond acceptors (Lipinski definition) is 4. The average Bonchev–Trinajstić information content (AvgIpc) is 3.12. The number of hydrogen-bond donors (Lipinski definition) is 0. The van der Waals surface area contributed by atoms with Gasteiger partial charge in [0.2, 0.25) is 0 Å². The second-order valence-electron chi connectivity index (χ2n) is 4.20. The van der Waals surface area contributed by atoms with E-state index in [-0.39, 0.29) is 0 Å². The first-order chi connectivity index (χ1) is 9.65. The van der Waals surface area contributed by atoms with Crippen LogP contribution in [-0.2, 0) is 40.0 Å². The van der Waals surface area contributed by atoms with E-state index in [2.05, 4.69) is 131 Å². The zero-order valence-electron chi connectivity index (χ0n) is 12.3. The number of halogens is 2. The van der Waals surface area contributed by atoms with E-state index >= 15 is 0 Å². The maximum atomic E-state index is 4.45. The molecule has 0 amide bonds. The summed E-state index contributed by atoms with van der Waals surface area (Å²) in [7, 11) is 13.0. The molecule has 0 aromatic rings. The van der Waals surface area contributed by atoms with E-state index in [1.54, 1.807) is 0 Å². The standard InChI is InChI=1S/2C6H12N2.2Ag.2ClH/c2*1-3-8-5-4-7(2)6-8;;;;/h2*4-5H,3,6H2,1-2H3;;;2*1H/q;;2*+1;;/p-2. The Morgan fingerprint density at radius 2 is 1.05 bits per heavy atom. The summed E-state index contributed by atoms with van der Waals surface area (Å²) < 4.78 is 0. The molecule has 0 saturated carbocycles. The van der Waals surface area contributed by atoms with Gasteiger partial charge in [-0.3, -0.25) is 0 Å². The van der Waals surface area contributed by atoms with Crippen LogP contribution in [0.3, 0.4) is 0 Å². The van der Waals surface area contributed by atoms with Crippen LogP contribution in [0.2, 0.25) is 0 Å². The Labute approximate surface area is 156 Å². The van der Waals surface area contributed by atoms with E-state index in [1.807, 2.05) is 0 Å². The third kappa shape index (κ3) is 11.4. The Kier molecular flexibility index (Phi) is 18.5. The van der Waals surface area contributed by atoms with Gasteiger partial charge in [0.05, 0.1) is 13.3 Å². The first-order valence-corrected chi connectivity index (χ1v) is 9.95. The second-order valence-corrected chi connectivity index (χ2v) is 4.20. The molecule has 8 heteroatoms. The molecule has 2 heterocycles. The van der Waals surface area contributed by atoms with Crippen molar-refractivity contribution >= 4 is 18.4 Å². The zero-order valence-corrected chi connectivity index (χ0v) is 16.8. The Hall–Kier alpha value is 0.741. The van der Waals surface area contributed by atoms with Crippen molar-refractivity contribution in [3.8, 4) is 0 Å². The van der Waals surface area contributed by atoms with Gasteiger partial charge in [-0.2, -0.15) is 0 Å². The van der Waals surface area contributed by atoms with Crippen LogP contribution in [0.4, 0.5) is 0 Å². The summed E-state index contributed by atoms with van der Waals surface area (Å²) in [5, 5.41) is 0. The van der Waals surface area contributed by atoms with Crippen molar-refractivity contribution in [1.29, 1.82) is 0 Å². The molecule has 2 aliphatic heterocycles. The van der Waals surface area contributed by atoms with Crippen LogP contribution in [0.5, 0.6) is 0 Å². The fourth-order valence-corrected chi connectivity index (χ4v) is 1.59. The van der Waals surface area contributed by atoms with Gasteiger partial charge < -0.3 is 19.6 Å². The second kappa shape index (κ2) is 16.1. The van der Waals surface area contributed by atoms with Crippen molar-refractivity contribution in [2.75, 3.05) is 40.5 Å². The summed E-state index contributed by atoms with van der Waals surface area (Å²) in [4.78, 5) is 8.81. The van der Waals surface area contributed by atoms with Crippen molar-refractivity contribution in [1.82, 2.24) is 19.6 Å². The third-order valence-electron chi connectivity index (χ3n) is 2.69. The topological polar surface area (TPSA) is 13.0 Å². The molecule has 0 fully saturated rings. The van der Waals surface area contributed by atoms with Gasteiger partial charge in [0.15, 0.2) is 0 Å². The van der Waals surface area contributed by atoms with E-state index in [4.69, 9.17) is 0 Å². The van der Waals surface area contributed by atoms with Crippen LogP contribution in [0.1, 0.15) is 13.8 Å². The normalized spacial score (nSPS) is 15.3. The molecule has 0 saturated heterocycles. The van der Waals surface area contributed by atoms with Gasteiger partial charge in [0.1, 0.15) is 0 Å². The predicted octanol–water partition coefficient (Wildman–Crippen LogP) is 2.74. The number of rotatable bonds is 2. The quantitative estimate of drug-likeness (QED) is 0.530. The van der Waals surface area contributed by atoms with E-state index in [0.717, 1.165) is 26.4 Å². The SMILES string of the molecule is CCN1C=CN(C)C1.CCN1C=CN(C)C1.[Cl][Ag].[Cl][Ag]. The molecule has 20 heavy (non-hydrogen) atoms. The summed E-state index contributed by atoms with van der Waals surface area (Å²) in [5.74, 6) is 0. The van der Waals surface area contributed by atoms with E-state index < -0.39 is 0 Å². The van der Waals surface area contributed by atoms with Crippen LogP contribution < -0.4 is 0 Å². The van der Waals surface area contributed by atoms with Gasteiger partial charge in [0, 0.05) is 52.0 Å². The molecule has 0 N–H and O–H groups in total.